The maximum Gasteiger partial charge on any atom is 0.274 e. The van der Waals surface area contributed by atoms with E-state index >= 15 is 0 Å². The van der Waals surface area contributed by atoms with Crippen LogP contribution in [0.3, 0.4) is 0 Å². The zero-order valence-corrected chi connectivity index (χ0v) is 17.9. The Hall–Kier alpha value is -4.11. The van der Waals surface area contributed by atoms with Crippen LogP contribution in [0.25, 0.3) is 11.1 Å². The normalized spacial score (nSPS) is 11.0. The number of pyridine rings is 1. The van der Waals surface area contributed by atoms with E-state index in [9.17, 15) is 13.2 Å². The minimum Gasteiger partial charge on any atom is -0.324 e. The average molecular weight is 446 g/mol. The van der Waals surface area contributed by atoms with Crippen LogP contribution < -0.4 is 10.6 Å². The van der Waals surface area contributed by atoms with Crippen LogP contribution in [0.2, 0.25) is 0 Å². The molecule has 2 heterocycles. The Morgan fingerprint density at radius 1 is 0.906 bits per heavy atom. The van der Waals surface area contributed by atoms with Crippen LogP contribution >= 0.6 is 0 Å². The molecule has 1 amide bonds. The number of hydrogen-bond acceptors (Lipinski definition) is 7. The summed E-state index contributed by atoms with van der Waals surface area (Å²) in [4.78, 5) is 25.5. The molecule has 0 radical (unpaired) electrons. The van der Waals surface area contributed by atoms with Crippen molar-refractivity contribution in [2.45, 2.75) is 4.90 Å². The number of amides is 1. The number of aromatic nitrogens is 3. The number of carbonyl (C=O) groups is 1. The summed E-state index contributed by atoms with van der Waals surface area (Å²) in [5.41, 5.74) is 3.11. The van der Waals surface area contributed by atoms with E-state index in [0.29, 0.717) is 11.4 Å². The lowest BCUT2D eigenvalue weighted by molar-refractivity contribution is 0.102. The third-order valence-electron chi connectivity index (χ3n) is 4.58. The highest BCUT2D eigenvalue weighted by molar-refractivity contribution is 7.90. The van der Waals surface area contributed by atoms with Crippen LogP contribution in [0.5, 0.6) is 0 Å². The van der Waals surface area contributed by atoms with Gasteiger partial charge in [0, 0.05) is 29.9 Å². The highest BCUT2D eigenvalue weighted by Gasteiger charge is 2.13. The van der Waals surface area contributed by atoms with Crippen molar-refractivity contribution < 1.29 is 13.2 Å². The molecule has 160 valence electrons. The number of nitrogens with zero attached hydrogens (tertiary/aromatic N) is 3. The van der Waals surface area contributed by atoms with Gasteiger partial charge in [0.05, 0.1) is 16.8 Å². The molecule has 0 unspecified atom stereocenters. The van der Waals surface area contributed by atoms with E-state index in [1.54, 1.807) is 24.5 Å². The second-order valence-electron chi connectivity index (χ2n) is 6.93. The number of nitrogens with one attached hydrogen (secondary N) is 2. The Balaban J connectivity index is 1.53. The number of benzene rings is 2. The largest absolute Gasteiger partial charge is 0.324 e. The Bertz CT molecular complexity index is 1360. The van der Waals surface area contributed by atoms with Crippen LogP contribution in [-0.2, 0) is 9.84 Å². The van der Waals surface area contributed by atoms with E-state index in [1.807, 2.05) is 36.4 Å². The Morgan fingerprint density at radius 3 is 2.38 bits per heavy atom. The first-order valence-electron chi connectivity index (χ1n) is 9.61. The van der Waals surface area contributed by atoms with Gasteiger partial charge in [-0.25, -0.2) is 18.4 Å². The standard InChI is InChI=1S/C23H19N5O3S/c1-32(30,31)18-9-7-17(8-10-18)26-23-25-14-12-20(28-23)22(29)27-21-15-24-13-11-19(21)16-5-3-2-4-6-16/h2-15H,1H3,(H,27,29)(H,25,26,28). The zero-order chi connectivity index (χ0) is 22.6. The highest BCUT2D eigenvalue weighted by atomic mass is 32.2. The fraction of sp³-hybridized carbons (Fsp3) is 0.0435. The van der Waals surface area contributed by atoms with Crippen molar-refractivity contribution in [1.82, 2.24) is 15.0 Å². The smallest absolute Gasteiger partial charge is 0.274 e. The van der Waals surface area contributed by atoms with Crippen LogP contribution in [0, 0.1) is 0 Å². The van der Waals surface area contributed by atoms with Crippen LogP contribution in [0.1, 0.15) is 10.5 Å². The third kappa shape index (κ3) is 4.96. The quantitative estimate of drug-likeness (QED) is 0.462. The molecule has 0 atom stereocenters. The Morgan fingerprint density at radius 2 is 1.66 bits per heavy atom. The van der Waals surface area contributed by atoms with E-state index in [2.05, 4.69) is 25.6 Å². The molecule has 2 N–H and O–H groups in total. The van der Waals surface area contributed by atoms with E-state index in [1.165, 1.54) is 24.4 Å². The maximum absolute atomic E-state index is 12.8. The van der Waals surface area contributed by atoms with Gasteiger partial charge in [-0.3, -0.25) is 9.78 Å². The van der Waals surface area contributed by atoms with E-state index < -0.39 is 15.7 Å². The van der Waals surface area contributed by atoms with E-state index in [0.717, 1.165) is 17.4 Å². The van der Waals surface area contributed by atoms with Crippen molar-refractivity contribution in [1.29, 1.82) is 0 Å². The third-order valence-corrected chi connectivity index (χ3v) is 5.71. The zero-order valence-electron chi connectivity index (χ0n) is 17.1. The van der Waals surface area contributed by atoms with Crippen LogP contribution in [0.15, 0.2) is 90.2 Å². The minimum atomic E-state index is -3.28. The molecule has 8 nitrogen and oxygen atoms in total. The number of hydrogen-bond donors (Lipinski definition) is 2. The predicted octanol–water partition coefficient (Wildman–Crippen LogP) is 3.94. The SMILES string of the molecule is CS(=O)(=O)c1ccc(Nc2nccc(C(=O)Nc3cnccc3-c3ccccc3)n2)cc1. The summed E-state index contributed by atoms with van der Waals surface area (Å²) in [5.74, 6) is -0.202. The van der Waals surface area contributed by atoms with Crippen LogP contribution in [-0.4, -0.2) is 35.5 Å². The summed E-state index contributed by atoms with van der Waals surface area (Å²) in [6, 6.07) is 19.2. The minimum absolute atomic E-state index is 0.165. The van der Waals surface area contributed by atoms with Gasteiger partial charge in [-0.1, -0.05) is 30.3 Å². The molecule has 0 fully saturated rings. The van der Waals surface area contributed by atoms with Gasteiger partial charge < -0.3 is 10.6 Å². The summed E-state index contributed by atoms with van der Waals surface area (Å²) < 4.78 is 23.2. The van der Waals surface area contributed by atoms with E-state index in [-0.39, 0.29) is 16.5 Å². The van der Waals surface area contributed by atoms with Gasteiger partial charge in [-0.05, 0) is 42.0 Å². The average Bonchev–Trinajstić information content (AvgIpc) is 2.80. The maximum atomic E-state index is 12.8. The van der Waals surface area contributed by atoms with Crippen molar-refractivity contribution in [2.24, 2.45) is 0 Å². The summed E-state index contributed by atoms with van der Waals surface area (Å²) >= 11 is 0. The highest BCUT2D eigenvalue weighted by Crippen LogP contribution is 2.27. The predicted molar refractivity (Wildman–Crippen MR) is 122 cm³/mol. The Labute approximate surface area is 185 Å². The van der Waals surface area contributed by atoms with Gasteiger partial charge in [0.1, 0.15) is 5.69 Å². The summed E-state index contributed by atoms with van der Waals surface area (Å²) in [6.45, 7) is 0. The second kappa shape index (κ2) is 8.94. The molecule has 9 heteroatoms. The van der Waals surface area contributed by atoms with Gasteiger partial charge in [0.25, 0.3) is 5.91 Å². The monoisotopic (exact) mass is 445 g/mol. The Kier molecular flexibility index (Phi) is 5.91. The fourth-order valence-electron chi connectivity index (χ4n) is 3.01. The molecule has 0 aliphatic carbocycles. The lowest BCUT2D eigenvalue weighted by Crippen LogP contribution is -2.15. The molecular formula is C23H19N5O3S. The summed E-state index contributed by atoms with van der Waals surface area (Å²) in [5, 5.41) is 5.82. The summed E-state index contributed by atoms with van der Waals surface area (Å²) in [6.07, 6.45) is 5.87. The molecule has 4 rings (SSSR count). The lowest BCUT2D eigenvalue weighted by Gasteiger charge is -2.11. The molecule has 2 aromatic carbocycles. The van der Waals surface area contributed by atoms with Gasteiger partial charge in [0.15, 0.2) is 9.84 Å². The van der Waals surface area contributed by atoms with Crippen molar-refractivity contribution >= 4 is 33.1 Å². The molecule has 0 aliphatic rings. The molecule has 0 bridgehead atoms. The van der Waals surface area contributed by atoms with Gasteiger partial charge in [-0.15, -0.1) is 0 Å². The number of rotatable bonds is 6. The van der Waals surface area contributed by atoms with Crippen molar-refractivity contribution in [3.05, 3.63) is 91.0 Å². The van der Waals surface area contributed by atoms with Gasteiger partial charge >= 0.3 is 0 Å². The molecular weight excluding hydrogens is 426 g/mol. The number of anilines is 3. The van der Waals surface area contributed by atoms with Crippen molar-refractivity contribution in [3.63, 3.8) is 0 Å². The lowest BCUT2D eigenvalue weighted by atomic mass is 10.1. The van der Waals surface area contributed by atoms with Gasteiger partial charge in [0.2, 0.25) is 5.95 Å². The second-order valence-corrected chi connectivity index (χ2v) is 8.94. The van der Waals surface area contributed by atoms with Gasteiger partial charge in [-0.2, -0.15) is 0 Å². The fourth-order valence-corrected chi connectivity index (χ4v) is 3.64. The van der Waals surface area contributed by atoms with Crippen LogP contribution in [0.4, 0.5) is 17.3 Å². The molecule has 0 spiro atoms. The molecule has 0 aliphatic heterocycles. The molecule has 2 aromatic heterocycles. The van der Waals surface area contributed by atoms with Crippen molar-refractivity contribution in [3.8, 4) is 11.1 Å². The molecule has 4 aromatic rings. The topological polar surface area (TPSA) is 114 Å². The first kappa shape index (κ1) is 21.1. The number of sulfone groups is 1. The first-order chi connectivity index (χ1) is 15.4. The first-order valence-corrected chi connectivity index (χ1v) is 11.5. The van der Waals surface area contributed by atoms with E-state index in [4.69, 9.17) is 0 Å². The van der Waals surface area contributed by atoms with Crippen molar-refractivity contribution in [2.75, 3.05) is 16.9 Å². The summed E-state index contributed by atoms with van der Waals surface area (Å²) in [7, 11) is -3.28. The molecule has 0 saturated heterocycles. The number of carbonyl (C=O) groups excluding carboxylic acids is 1. The molecule has 32 heavy (non-hydrogen) atoms. The molecule has 0 saturated carbocycles.